The second kappa shape index (κ2) is 8.14. The number of carbonyl (C=O) groups excluding carboxylic acids is 2. The zero-order chi connectivity index (χ0) is 18.5. The smallest absolute Gasteiger partial charge is 0.247 e. The molecule has 1 heterocycles. The number of imide groups is 1. The molecule has 0 saturated carbocycles. The van der Waals surface area contributed by atoms with E-state index in [9.17, 15) is 14.0 Å². The van der Waals surface area contributed by atoms with Crippen LogP contribution in [-0.2, 0) is 9.59 Å². The van der Waals surface area contributed by atoms with E-state index in [1.54, 1.807) is 0 Å². The van der Waals surface area contributed by atoms with Crippen molar-refractivity contribution in [2.75, 3.05) is 16.8 Å². The topological polar surface area (TPSA) is 61.8 Å². The Morgan fingerprint density at radius 3 is 2.54 bits per heavy atom. The summed E-state index contributed by atoms with van der Waals surface area (Å²) < 4.78 is 13.1. The SMILES string of the molecule is CCN=C(Nc1ccccc1)SC1CC(=O)N(c2ccc(F)cc2)C1=O. The van der Waals surface area contributed by atoms with Gasteiger partial charge in [-0.15, -0.1) is 0 Å². The van der Waals surface area contributed by atoms with E-state index in [1.165, 1.54) is 36.0 Å². The van der Waals surface area contributed by atoms with Gasteiger partial charge in [0.15, 0.2) is 5.17 Å². The van der Waals surface area contributed by atoms with Crippen LogP contribution in [0.5, 0.6) is 0 Å². The van der Waals surface area contributed by atoms with Gasteiger partial charge in [0.05, 0.1) is 5.69 Å². The minimum Gasteiger partial charge on any atom is -0.335 e. The number of benzene rings is 2. The minimum absolute atomic E-state index is 0.0834. The summed E-state index contributed by atoms with van der Waals surface area (Å²) in [6.07, 6.45) is 0.0834. The second-order valence-electron chi connectivity index (χ2n) is 5.62. The molecule has 5 nitrogen and oxygen atoms in total. The van der Waals surface area contributed by atoms with Gasteiger partial charge in [-0.1, -0.05) is 30.0 Å². The Morgan fingerprint density at radius 2 is 1.88 bits per heavy atom. The van der Waals surface area contributed by atoms with Crippen molar-refractivity contribution < 1.29 is 14.0 Å². The highest BCUT2D eigenvalue weighted by Gasteiger charge is 2.40. The predicted molar refractivity (Wildman–Crippen MR) is 103 cm³/mol. The lowest BCUT2D eigenvalue weighted by atomic mass is 10.3. The zero-order valence-corrected chi connectivity index (χ0v) is 15.0. The third kappa shape index (κ3) is 4.11. The molecule has 134 valence electrons. The fourth-order valence-corrected chi connectivity index (χ4v) is 3.67. The highest BCUT2D eigenvalue weighted by Crippen LogP contribution is 2.30. The Hall–Kier alpha value is -2.67. The Kier molecular flexibility index (Phi) is 5.68. The molecule has 1 N–H and O–H groups in total. The van der Waals surface area contributed by atoms with Crippen molar-refractivity contribution in [1.29, 1.82) is 0 Å². The summed E-state index contributed by atoms with van der Waals surface area (Å²) in [7, 11) is 0. The molecule has 1 saturated heterocycles. The molecule has 3 rings (SSSR count). The normalized spacial score (nSPS) is 17.7. The van der Waals surface area contributed by atoms with Crippen LogP contribution in [0.15, 0.2) is 59.6 Å². The Balaban J connectivity index is 1.74. The number of carbonyl (C=O) groups is 2. The number of anilines is 2. The van der Waals surface area contributed by atoms with Gasteiger partial charge < -0.3 is 5.32 Å². The van der Waals surface area contributed by atoms with Crippen molar-refractivity contribution in [1.82, 2.24) is 0 Å². The molecule has 7 heteroatoms. The van der Waals surface area contributed by atoms with E-state index >= 15 is 0 Å². The summed E-state index contributed by atoms with van der Waals surface area (Å²) >= 11 is 1.24. The average molecular weight is 371 g/mol. The van der Waals surface area contributed by atoms with Crippen LogP contribution in [0.2, 0.25) is 0 Å². The van der Waals surface area contributed by atoms with Gasteiger partial charge >= 0.3 is 0 Å². The van der Waals surface area contributed by atoms with Crippen LogP contribution >= 0.6 is 11.8 Å². The number of nitrogens with one attached hydrogen (secondary N) is 1. The molecular formula is C19H18FN3O2S. The number of rotatable bonds is 4. The summed E-state index contributed by atoms with van der Waals surface area (Å²) in [6.45, 7) is 2.46. The quantitative estimate of drug-likeness (QED) is 0.506. The maximum absolute atomic E-state index is 13.1. The van der Waals surface area contributed by atoms with Crippen molar-refractivity contribution in [3.63, 3.8) is 0 Å². The van der Waals surface area contributed by atoms with E-state index in [2.05, 4.69) is 10.3 Å². The van der Waals surface area contributed by atoms with E-state index in [4.69, 9.17) is 0 Å². The average Bonchev–Trinajstić information content (AvgIpc) is 2.91. The molecule has 26 heavy (non-hydrogen) atoms. The third-order valence-electron chi connectivity index (χ3n) is 3.77. The van der Waals surface area contributed by atoms with E-state index in [0.717, 1.165) is 10.6 Å². The van der Waals surface area contributed by atoms with E-state index in [-0.39, 0.29) is 18.2 Å². The van der Waals surface area contributed by atoms with Crippen LogP contribution in [0.25, 0.3) is 0 Å². The first-order chi connectivity index (χ1) is 12.6. The van der Waals surface area contributed by atoms with Crippen molar-refractivity contribution in [2.45, 2.75) is 18.6 Å². The molecule has 1 aliphatic rings. The molecule has 2 aromatic rings. The first-order valence-electron chi connectivity index (χ1n) is 8.24. The molecule has 1 atom stereocenters. The number of nitrogens with zero attached hydrogens (tertiary/aromatic N) is 2. The van der Waals surface area contributed by atoms with Crippen molar-refractivity contribution >= 4 is 40.1 Å². The molecule has 1 fully saturated rings. The van der Waals surface area contributed by atoms with Crippen molar-refractivity contribution in [3.05, 3.63) is 60.4 Å². The number of hydrogen-bond donors (Lipinski definition) is 1. The van der Waals surface area contributed by atoms with Crippen LogP contribution in [0.4, 0.5) is 15.8 Å². The Bertz CT molecular complexity index is 824. The number of hydrogen-bond acceptors (Lipinski definition) is 4. The van der Waals surface area contributed by atoms with Gasteiger partial charge in [0.25, 0.3) is 0 Å². The number of amidine groups is 1. The second-order valence-corrected chi connectivity index (χ2v) is 6.82. The number of thioether (sulfide) groups is 1. The van der Waals surface area contributed by atoms with Gasteiger partial charge in [0.2, 0.25) is 11.8 Å². The Morgan fingerprint density at radius 1 is 1.19 bits per heavy atom. The number of aliphatic imine (C=N–C) groups is 1. The van der Waals surface area contributed by atoms with Crippen molar-refractivity contribution in [2.24, 2.45) is 4.99 Å². The molecule has 0 bridgehead atoms. The van der Waals surface area contributed by atoms with Crippen LogP contribution < -0.4 is 10.2 Å². The van der Waals surface area contributed by atoms with Crippen LogP contribution in [0.1, 0.15) is 13.3 Å². The largest absolute Gasteiger partial charge is 0.335 e. The lowest BCUT2D eigenvalue weighted by molar-refractivity contribution is -0.121. The molecule has 0 aliphatic carbocycles. The van der Waals surface area contributed by atoms with Crippen LogP contribution in [0.3, 0.4) is 0 Å². The molecule has 1 unspecified atom stereocenters. The van der Waals surface area contributed by atoms with E-state index in [1.807, 2.05) is 37.3 Å². The standard InChI is InChI=1S/C19H18FN3O2S/c1-2-21-19(22-14-6-4-3-5-7-14)26-16-12-17(24)23(18(16)25)15-10-8-13(20)9-11-15/h3-11,16H,2,12H2,1H3,(H,21,22). The summed E-state index contributed by atoms with van der Waals surface area (Å²) in [5.41, 5.74) is 1.24. The molecule has 0 spiro atoms. The third-order valence-corrected chi connectivity index (χ3v) is 4.88. The number of halogens is 1. The first kappa shape index (κ1) is 18.1. The van der Waals surface area contributed by atoms with Gasteiger partial charge in [-0.3, -0.25) is 14.6 Å². The summed E-state index contributed by atoms with van der Waals surface area (Å²) in [5.74, 6) is -1.02. The molecule has 0 radical (unpaired) electrons. The lowest BCUT2D eigenvalue weighted by Crippen LogP contribution is -2.31. The molecule has 0 aromatic heterocycles. The number of amides is 2. The highest BCUT2D eigenvalue weighted by molar-refractivity contribution is 8.15. The molecule has 2 aromatic carbocycles. The Labute approximate surface area is 155 Å². The van der Waals surface area contributed by atoms with E-state index in [0.29, 0.717) is 17.4 Å². The summed E-state index contributed by atoms with van der Waals surface area (Å²) in [5, 5.41) is 3.21. The fraction of sp³-hybridized carbons (Fsp3) is 0.211. The van der Waals surface area contributed by atoms with Crippen LogP contribution in [0, 0.1) is 5.82 Å². The van der Waals surface area contributed by atoms with Crippen LogP contribution in [-0.4, -0.2) is 28.8 Å². The van der Waals surface area contributed by atoms with Crippen molar-refractivity contribution in [3.8, 4) is 0 Å². The van der Waals surface area contributed by atoms with Gasteiger partial charge in [0, 0.05) is 18.7 Å². The maximum atomic E-state index is 13.1. The summed E-state index contributed by atoms with van der Waals surface area (Å²) in [4.78, 5) is 30.5. The maximum Gasteiger partial charge on any atom is 0.247 e. The molecule has 2 amide bonds. The monoisotopic (exact) mass is 371 g/mol. The number of para-hydroxylation sites is 1. The van der Waals surface area contributed by atoms with Gasteiger partial charge in [-0.25, -0.2) is 9.29 Å². The van der Waals surface area contributed by atoms with Gasteiger partial charge in [-0.2, -0.15) is 0 Å². The lowest BCUT2D eigenvalue weighted by Gasteiger charge is -2.15. The van der Waals surface area contributed by atoms with E-state index < -0.39 is 11.1 Å². The first-order valence-corrected chi connectivity index (χ1v) is 9.12. The van der Waals surface area contributed by atoms with Gasteiger partial charge in [0.1, 0.15) is 11.1 Å². The predicted octanol–water partition coefficient (Wildman–Crippen LogP) is 3.68. The summed E-state index contributed by atoms with van der Waals surface area (Å²) in [6, 6.07) is 14.8. The fourth-order valence-electron chi connectivity index (χ4n) is 2.59. The molecule has 1 aliphatic heterocycles. The minimum atomic E-state index is -0.561. The zero-order valence-electron chi connectivity index (χ0n) is 14.2. The van der Waals surface area contributed by atoms with Gasteiger partial charge in [-0.05, 0) is 43.3 Å². The highest BCUT2D eigenvalue weighted by atomic mass is 32.2. The molecular weight excluding hydrogens is 353 g/mol.